The van der Waals surface area contributed by atoms with Crippen molar-refractivity contribution in [2.45, 2.75) is 26.3 Å². The van der Waals surface area contributed by atoms with Gasteiger partial charge in [-0.1, -0.05) is 36.8 Å². The van der Waals surface area contributed by atoms with Gasteiger partial charge in [0.1, 0.15) is 0 Å². The minimum atomic E-state index is -0.555. The Labute approximate surface area is 77.5 Å². The van der Waals surface area contributed by atoms with E-state index in [1.807, 2.05) is 38.1 Å². The maximum atomic E-state index is 10.6. The van der Waals surface area contributed by atoms with Gasteiger partial charge in [-0.15, -0.1) is 0 Å². The fourth-order valence-electron chi connectivity index (χ4n) is 1.30. The first-order chi connectivity index (χ1) is 6.15. The van der Waals surface area contributed by atoms with Crippen LogP contribution in [0.15, 0.2) is 24.3 Å². The summed E-state index contributed by atoms with van der Waals surface area (Å²) in [6.07, 6.45) is 0.538. The number of nitro groups is 1. The lowest BCUT2D eigenvalue weighted by Gasteiger charge is -2.06. The third kappa shape index (κ3) is 2.28. The highest BCUT2D eigenvalue weighted by Gasteiger charge is 2.19. The van der Waals surface area contributed by atoms with Gasteiger partial charge in [0.25, 0.3) is 0 Å². The van der Waals surface area contributed by atoms with Gasteiger partial charge >= 0.3 is 0 Å². The molecular formula is C10H13NO2. The number of aryl methyl sites for hydroxylation is 1. The standard InChI is InChI=1S/C10H13NO2/c1-3-10(11(12)13)9-6-4-8(2)5-7-9/h4-7,10H,3H2,1-2H3. The molecule has 0 heterocycles. The molecule has 1 rings (SSSR count). The van der Waals surface area contributed by atoms with Crippen LogP contribution in [0.1, 0.15) is 30.5 Å². The van der Waals surface area contributed by atoms with Crippen molar-refractivity contribution < 1.29 is 4.92 Å². The van der Waals surface area contributed by atoms with E-state index in [4.69, 9.17) is 0 Å². The number of hydrogen-bond donors (Lipinski definition) is 0. The average Bonchev–Trinajstić information content (AvgIpc) is 2.09. The number of hydrogen-bond acceptors (Lipinski definition) is 2. The van der Waals surface area contributed by atoms with Gasteiger partial charge in [-0.05, 0) is 6.92 Å². The molecule has 1 unspecified atom stereocenters. The fourth-order valence-corrected chi connectivity index (χ4v) is 1.30. The predicted molar refractivity (Wildman–Crippen MR) is 51.2 cm³/mol. The zero-order valence-corrected chi connectivity index (χ0v) is 7.86. The Bertz CT molecular complexity index is 292. The monoisotopic (exact) mass is 179 g/mol. The molecule has 0 bridgehead atoms. The van der Waals surface area contributed by atoms with Gasteiger partial charge in [0.2, 0.25) is 6.04 Å². The highest BCUT2D eigenvalue weighted by molar-refractivity contribution is 5.22. The van der Waals surface area contributed by atoms with Crippen LogP contribution in [0.5, 0.6) is 0 Å². The van der Waals surface area contributed by atoms with Crippen molar-refractivity contribution in [1.29, 1.82) is 0 Å². The van der Waals surface area contributed by atoms with E-state index >= 15 is 0 Å². The molecule has 0 radical (unpaired) electrons. The van der Waals surface area contributed by atoms with Crippen molar-refractivity contribution in [3.8, 4) is 0 Å². The van der Waals surface area contributed by atoms with Gasteiger partial charge in [-0.2, -0.15) is 0 Å². The van der Waals surface area contributed by atoms with Crippen molar-refractivity contribution >= 4 is 0 Å². The minimum Gasteiger partial charge on any atom is -0.264 e. The molecule has 0 fully saturated rings. The van der Waals surface area contributed by atoms with Gasteiger partial charge < -0.3 is 0 Å². The molecule has 1 aromatic rings. The highest BCUT2D eigenvalue weighted by atomic mass is 16.6. The first kappa shape index (κ1) is 9.71. The van der Waals surface area contributed by atoms with E-state index in [1.165, 1.54) is 0 Å². The molecule has 13 heavy (non-hydrogen) atoms. The Balaban J connectivity index is 2.92. The lowest BCUT2D eigenvalue weighted by Crippen LogP contribution is -2.08. The smallest absolute Gasteiger partial charge is 0.237 e. The van der Waals surface area contributed by atoms with Crippen molar-refractivity contribution in [3.63, 3.8) is 0 Å². The maximum Gasteiger partial charge on any atom is 0.237 e. The Morgan fingerprint density at radius 3 is 2.31 bits per heavy atom. The van der Waals surface area contributed by atoms with E-state index in [2.05, 4.69) is 0 Å². The van der Waals surface area contributed by atoms with Crippen LogP contribution in [-0.4, -0.2) is 4.92 Å². The summed E-state index contributed by atoms with van der Waals surface area (Å²) in [7, 11) is 0. The summed E-state index contributed by atoms with van der Waals surface area (Å²) >= 11 is 0. The van der Waals surface area contributed by atoms with Gasteiger partial charge in [0, 0.05) is 16.9 Å². The van der Waals surface area contributed by atoms with Crippen LogP contribution in [0, 0.1) is 17.0 Å². The van der Waals surface area contributed by atoms with Crippen LogP contribution in [0.3, 0.4) is 0 Å². The molecule has 0 amide bonds. The molecule has 0 aliphatic rings. The summed E-state index contributed by atoms with van der Waals surface area (Å²) in [6.45, 7) is 3.80. The van der Waals surface area contributed by atoms with Crippen molar-refractivity contribution in [1.82, 2.24) is 0 Å². The normalized spacial score (nSPS) is 12.5. The van der Waals surface area contributed by atoms with E-state index in [9.17, 15) is 10.1 Å². The second-order valence-corrected chi connectivity index (χ2v) is 3.12. The summed E-state index contributed by atoms with van der Waals surface area (Å²) in [6, 6.07) is 6.90. The molecule has 0 spiro atoms. The van der Waals surface area contributed by atoms with Crippen LogP contribution in [0.25, 0.3) is 0 Å². The summed E-state index contributed by atoms with van der Waals surface area (Å²) in [4.78, 5) is 10.4. The van der Waals surface area contributed by atoms with E-state index < -0.39 is 6.04 Å². The van der Waals surface area contributed by atoms with Gasteiger partial charge in [-0.25, -0.2) is 0 Å². The van der Waals surface area contributed by atoms with Crippen LogP contribution in [0.4, 0.5) is 0 Å². The molecule has 3 heteroatoms. The van der Waals surface area contributed by atoms with Gasteiger partial charge in [0.15, 0.2) is 0 Å². The van der Waals surface area contributed by atoms with Crippen LogP contribution in [0.2, 0.25) is 0 Å². The zero-order valence-electron chi connectivity index (χ0n) is 7.86. The van der Waals surface area contributed by atoms with Gasteiger partial charge in [0.05, 0.1) is 0 Å². The summed E-state index contributed by atoms with van der Waals surface area (Å²) in [5, 5.41) is 10.6. The zero-order chi connectivity index (χ0) is 9.84. The molecule has 0 aliphatic heterocycles. The maximum absolute atomic E-state index is 10.6. The second kappa shape index (κ2) is 4.03. The SMILES string of the molecule is CCC(c1ccc(C)cc1)[N+](=O)[O-]. The van der Waals surface area contributed by atoms with Crippen molar-refractivity contribution in [2.24, 2.45) is 0 Å². The Hall–Kier alpha value is -1.38. The lowest BCUT2D eigenvalue weighted by molar-refractivity contribution is -0.529. The molecule has 0 N–H and O–H groups in total. The van der Waals surface area contributed by atoms with Crippen molar-refractivity contribution in [2.75, 3.05) is 0 Å². The Morgan fingerprint density at radius 2 is 1.92 bits per heavy atom. The third-order valence-electron chi connectivity index (χ3n) is 2.10. The molecule has 1 aromatic carbocycles. The van der Waals surface area contributed by atoms with Crippen LogP contribution < -0.4 is 0 Å². The van der Waals surface area contributed by atoms with Crippen molar-refractivity contribution in [3.05, 3.63) is 45.5 Å². The molecule has 1 atom stereocenters. The minimum absolute atomic E-state index is 0.231. The molecular weight excluding hydrogens is 166 g/mol. The largest absolute Gasteiger partial charge is 0.264 e. The first-order valence-corrected chi connectivity index (χ1v) is 4.35. The highest BCUT2D eigenvalue weighted by Crippen LogP contribution is 2.19. The predicted octanol–water partition coefficient (Wildman–Crippen LogP) is 2.72. The summed E-state index contributed by atoms with van der Waals surface area (Å²) in [5.74, 6) is 0. The number of nitrogens with zero attached hydrogens (tertiary/aromatic N) is 1. The molecule has 3 nitrogen and oxygen atoms in total. The molecule has 0 saturated carbocycles. The van der Waals surface area contributed by atoms with Gasteiger partial charge in [-0.3, -0.25) is 10.1 Å². The Kier molecular flexibility index (Phi) is 3.01. The fraction of sp³-hybridized carbons (Fsp3) is 0.400. The summed E-state index contributed by atoms with van der Waals surface area (Å²) in [5.41, 5.74) is 1.92. The third-order valence-corrected chi connectivity index (χ3v) is 2.10. The number of rotatable bonds is 3. The van der Waals surface area contributed by atoms with Crippen LogP contribution >= 0.6 is 0 Å². The van der Waals surface area contributed by atoms with E-state index in [0.29, 0.717) is 6.42 Å². The first-order valence-electron chi connectivity index (χ1n) is 4.35. The van der Waals surface area contributed by atoms with E-state index in [1.54, 1.807) is 0 Å². The van der Waals surface area contributed by atoms with Crippen LogP contribution in [-0.2, 0) is 0 Å². The molecule has 0 aliphatic carbocycles. The topological polar surface area (TPSA) is 43.1 Å². The molecule has 0 aromatic heterocycles. The quantitative estimate of drug-likeness (QED) is 0.529. The summed E-state index contributed by atoms with van der Waals surface area (Å²) < 4.78 is 0. The second-order valence-electron chi connectivity index (χ2n) is 3.12. The number of benzene rings is 1. The molecule has 70 valence electrons. The Morgan fingerprint density at radius 1 is 1.38 bits per heavy atom. The van der Waals surface area contributed by atoms with E-state index in [0.717, 1.165) is 11.1 Å². The molecule has 0 saturated heterocycles. The average molecular weight is 179 g/mol. The van der Waals surface area contributed by atoms with E-state index in [-0.39, 0.29) is 4.92 Å². The lowest BCUT2D eigenvalue weighted by atomic mass is 10.0.